The van der Waals surface area contributed by atoms with Gasteiger partial charge in [-0.05, 0) is 18.9 Å². The molecule has 1 unspecified atom stereocenters. The minimum absolute atomic E-state index is 0.341. The Morgan fingerprint density at radius 2 is 2.12 bits per heavy atom. The van der Waals surface area contributed by atoms with Crippen LogP contribution in [0.2, 0.25) is 0 Å². The number of hydrogen-bond acceptors (Lipinski definition) is 1. The molecule has 2 nitrogen and oxygen atoms in total. The monoisotopic (exact) mass is 220 g/mol. The zero-order valence-corrected chi connectivity index (χ0v) is 10.1. The Hall–Kier alpha value is -1.31. The molecule has 0 fully saturated rings. The number of hydrogen-bond donors (Lipinski definition) is 1. The number of rotatable bonds is 6. The molecule has 0 bridgehead atoms. The van der Waals surface area contributed by atoms with Gasteiger partial charge >= 0.3 is 5.97 Å². The molecular formula is C14H20O2. The molecule has 88 valence electrons. The predicted octanol–water partition coefficient (Wildman–Crippen LogP) is 3.74. The number of carboxylic acid groups (broad SMARTS) is 1. The van der Waals surface area contributed by atoms with Gasteiger partial charge in [0.1, 0.15) is 0 Å². The van der Waals surface area contributed by atoms with Crippen LogP contribution in [0.5, 0.6) is 0 Å². The van der Waals surface area contributed by atoms with E-state index in [1.54, 1.807) is 0 Å². The molecule has 1 atom stereocenters. The lowest BCUT2D eigenvalue weighted by Gasteiger charge is -2.12. The lowest BCUT2D eigenvalue weighted by molar-refractivity contribution is -0.139. The highest BCUT2D eigenvalue weighted by atomic mass is 16.4. The summed E-state index contributed by atoms with van der Waals surface area (Å²) in [4.78, 5) is 11.2. The second-order valence-corrected chi connectivity index (χ2v) is 4.30. The fraction of sp³-hybridized carbons (Fsp3) is 0.500. The topological polar surface area (TPSA) is 37.3 Å². The first-order chi connectivity index (χ1) is 7.65. The van der Waals surface area contributed by atoms with Crippen LogP contribution >= 0.6 is 0 Å². The minimum Gasteiger partial charge on any atom is -0.481 e. The summed E-state index contributed by atoms with van der Waals surface area (Å²) >= 11 is 0. The molecule has 2 heteroatoms. The molecule has 0 aliphatic carbocycles. The molecule has 0 amide bonds. The van der Waals surface area contributed by atoms with Gasteiger partial charge < -0.3 is 5.11 Å². The maximum absolute atomic E-state index is 11.2. The summed E-state index contributed by atoms with van der Waals surface area (Å²) in [6.07, 6.45) is 3.96. The Kier molecular flexibility index (Phi) is 5.03. The van der Waals surface area contributed by atoms with Crippen LogP contribution in [0.25, 0.3) is 0 Å². The Bertz CT molecular complexity index is 344. The second-order valence-electron chi connectivity index (χ2n) is 4.30. The molecule has 0 saturated carbocycles. The summed E-state index contributed by atoms with van der Waals surface area (Å²) in [5, 5.41) is 9.22. The molecule has 0 radical (unpaired) electrons. The van der Waals surface area contributed by atoms with Gasteiger partial charge in [-0.25, -0.2) is 0 Å². The maximum Gasteiger partial charge on any atom is 0.310 e. The fourth-order valence-electron chi connectivity index (χ4n) is 1.92. The summed E-state index contributed by atoms with van der Waals surface area (Å²) < 4.78 is 0. The summed E-state index contributed by atoms with van der Waals surface area (Å²) in [7, 11) is 0. The van der Waals surface area contributed by atoms with Crippen molar-refractivity contribution in [2.45, 2.75) is 45.4 Å². The summed E-state index contributed by atoms with van der Waals surface area (Å²) in [6, 6.07) is 7.82. The number of aliphatic carboxylic acids is 1. The molecule has 1 rings (SSSR count). The highest BCUT2D eigenvalue weighted by Crippen LogP contribution is 2.23. The maximum atomic E-state index is 11.2. The summed E-state index contributed by atoms with van der Waals surface area (Å²) in [6.45, 7) is 4.12. The molecule has 0 spiro atoms. The molecule has 1 aromatic carbocycles. The van der Waals surface area contributed by atoms with Crippen molar-refractivity contribution in [2.75, 3.05) is 0 Å². The number of carbonyl (C=O) groups is 1. The molecule has 0 saturated heterocycles. The van der Waals surface area contributed by atoms with Gasteiger partial charge in [-0.2, -0.15) is 0 Å². The first-order valence-corrected chi connectivity index (χ1v) is 5.94. The van der Waals surface area contributed by atoms with E-state index in [9.17, 15) is 9.90 Å². The number of carboxylic acids is 1. The van der Waals surface area contributed by atoms with E-state index in [2.05, 4.69) is 6.92 Å². The summed E-state index contributed by atoms with van der Waals surface area (Å²) in [5.74, 6) is -1.05. The zero-order chi connectivity index (χ0) is 12.0. The minimum atomic E-state index is -0.707. The van der Waals surface area contributed by atoms with Gasteiger partial charge in [-0.1, -0.05) is 56.0 Å². The van der Waals surface area contributed by atoms with Crippen LogP contribution in [-0.2, 0) is 4.79 Å². The van der Waals surface area contributed by atoms with E-state index in [1.807, 2.05) is 31.2 Å². The quantitative estimate of drug-likeness (QED) is 0.741. The fourth-order valence-corrected chi connectivity index (χ4v) is 1.92. The lowest BCUT2D eigenvalue weighted by atomic mass is 9.92. The molecular weight excluding hydrogens is 200 g/mol. The van der Waals surface area contributed by atoms with E-state index in [0.717, 1.165) is 36.8 Å². The van der Waals surface area contributed by atoms with Crippen molar-refractivity contribution in [2.24, 2.45) is 0 Å². The van der Waals surface area contributed by atoms with Crippen molar-refractivity contribution in [1.29, 1.82) is 0 Å². The normalized spacial score (nSPS) is 12.4. The first-order valence-electron chi connectivity index (χ1n) is 5.94. The largest absolute Gasteiger partial charge is 0.481 e. The molecule has 16 heavy (non-hydrogen) atoms. The third kappa shape index (κ3) is 3.69. The van der Waals surface area contributed by atoms with E-state index in [0.29, 0.717) is 0 Å². The van der Waals surface area contributed by atoms with Crippen LogP contribution in [-0.4, -0.2) is 11.1 Å². The van der Waals surface area contributed by atoms with Gasteiger partial charge in [0.25, 0.3) is 0 Å². The molecule has 0 heterocycles. The highest BCUT2D eigenvalue weighted by Gasteiger charge is 2.18. The predicted molar refractivity (Wildman–Crippen MR) is 65.7 cm³/mol. The smallest absolute Gasteiger partial charge is 0.310 e. The number of unbranched alkanes of at least 4 members (excludes halogenated alkanes) is 2. The second kappa shape index (κ2) is 6.31. The number of benzene rings is 1. The van der Waals surface area contributed by atoms with Gasteiger partial charge in [0, 0.05) is 0 Å². The van der Waals surface area contributed by atoms with E-state index in [4.69, 9.17) is 0 Å². The van der Waals surface area contributed by atoms with Gasteiger partial charge in [-0.15, -0.1) is 0 Å². The van der Waals surface area contributed by atoms with Crippen molar-refractivity contribution >= 4 is 5.97 Å². The lowest BCUT2D eigenvalue weighted by Crippen LogP contribution is -2.11. The SMILES string of the molecule is CCCCCC(C(=O)O)c1cccc(C)c1. The van der Waals surface area contributed by atoms with E-state index < -0.39 is 5.97 Å². The Labute approximate surface area is 97.3 Å². The van der Waals surface area contributed by atoms with Crippen molar-refractivity contribution in [1.82, 2.24) is 0 Å². The van der Waals surface area contributed by atoms with Crippen molar-refractivity contribution in [3.63, 3.8) is 0 Å². The molecule has 0 aliphatic rings. The van der Waals surface area contributed by atoms with Crippen LogP contribution in [0.3, 0.4) is 0 Å². The third-order valence-corrected chi connectivity index (χ3v) is 2.84. The van der Waals surface area contributed by atoms with Gasteiger partial charge in [0.05, 0.1) is 5.92 Å². The van der Waals surface area contributed by atoms with Crippen LogP contribution in [0, 0.1) is 6.92 Å². The van der Waals surface area contributed by atoms with Gasteiger partial charge in [0.2, 0.25) is 0 Å². The van der Waals surface area contributed by atoms with E-state index in [1.165, 1.54) is 0 Å². The Morgan fingerprint density at radius 3 is 2.69 bits per heavy atom. The third-order valence-electron chi connectivity index (χ3n) is 2.84. The van der Waals surface area contributed by atoms with Crippen molar-refractivity contribution in [3.05, 3.63) is 35.4 Å². The van der Waals surface area contributed by atoms with Crippen molar-refractivity contribution < 1.29 is 9.90 Å². The summed E-state index contributed by atoms with van der Waals surface area (Å²) in [5.41, 5.74) is 2.06. The Morgan fingerprint density at radius 1 is 1.38 bits per heavy atom. The van der Waals surface area contributed by atoms with Gasteiger partial charge in [0.15, 0.2) is 0 Å². The van der Waals surface area contributed by atoms with Crippen molar-refractivity contribution in [3.8, 4) is 0 Å². The molecule has 1 N–H and O–H groups in total. The first kappa shape index (κ1) is 12.8. The number of aryl methyl sites for hydroxylation is 1. The van der Waals surface area contributed by atoms with Crippen LogP contribution in [0.15, 0.2) is 24.3 Å². The van der Waals surface area contributed by atoms with Crippen LogP contribution < -0.4 is 0 Å². The zero-order valence-electron chi connectivity index (χ0n) is 10.1. The average molecular weight is 220 g/mol. The molecule has 0 aromatic heterocycles. The van der Waals surface area contributed by atoms with Crippen LogP contribution in [0.4, 0.5) is 0 Å². The Balaban J connectivity index is 2.73. The standard InChI is InChI=1S/C14H20O2/c1-3-4-5-9-13(14(15)16)12-8-6-7-11(2)10-12/h6-8,10,13H,3-5,9H2,1-2H3,(H,15,16). The van der Waals surface area contributed by atoms with E-state index >= 15 is 0 Å². The van der Waals surface area contributed by atoms with Crippen LogP contribution in [0.1, 0.15) is 49.7 Å². The highest BCUT2D eigenvalue weighted by molar-refractivity contribution is 5.76. The molecule has 1 aromatic rings. The average Bonchev–Trinajstić information content (AvgIpc) is 2.24. The van der Waals surface area contributed by atoms with E-state index in [-0.39, 0.29) is 5.92 Å². The molecule has 0 aliphatic heterocycles. The van der Waals surface area contributed by atoms with Gasteiger partial charge in [-0.3, -0.25) is 4.79 Å².